The van der Waals surface area contributed by atoms with Gasteiger partial charge in [0, 0.05) is 13.0 Å². The highest BCUT2D eigenvalue weighted by Crippen LogP contribution is 2.68. The fourth-order valence-electron chi connectivity index (χ4n) is 9.47. The molecule has 5 nitrogen and oxygen atoms in total. The number of methoxy groups -OCH3 is 1. The Morgan fingerprint density at radius 2 is 1.74 bits per heavy atom. The van der Waals surface area contributed by atoms with Crippen LogP contribution in [0.15, 0.2) is 0 Å². The molecule has 4 fully saturated rings. The smallest absolute Gasteiger partial charge is 0.307 e. The molecule has 0 aromatic rings. The average Bonchev–Trinajstić information content (AvgIpc) is 3.15. The molecule has 4 saturated carbocycles. The highest BCUT2D eigenvalue weighted by molar-refractivity contribution is 5.77. The van der Waals surface area contributed by atoms with Crippen LogP contribution in [0.25, 0.3) is 0 Å². The summed E-state index contributed by atoms with van der Waals surface area (Å²) in [5.74, 6) is 4.15. The molecule has 0 saturated heterocycles. The summed E-state index contributed by atoms with van der Waals surface area (Å²) in [5, 5.41) is 14.3. The van der Waals surface area contributed by atoms with Crippen molar-refractivity contribution in [3.8, 4) is 0 Å². The van der Waals surface area contributed by atoms with Crippen molar-refractivity contribution < 1.29 is 19.4 Å². The van der Waals surface area contributed by atoms with E-state index < -0.39 is 0 Å². The molecule has 4 rings (SSSR count). The van der Waals surface area contributed by atoms with Crippen molar-refractivity contribution in [2.24, 2.45) is 52.3 Å². The van der Waals surface area contributed by atoms with Crippen molar-refractivity contribution >= 4 is 11.9 Å². The fourth-order valence-corrected chi connectivity index (χ4v) is 9.47. The summed E-state index contributed by atoms with van der Waals surface area (Å²) in [6.45, 7) is 10.2. The number of rotatable bonds is 7. The predicted octanol–water partition coefficient (Wildman–Crippen LogP) is 5.35. The highest BCUT2D eigenvalue weighted by atomic mass is 16.5. The molecule has 5 heteroatoms. The van der Waals surface area contributed by atoms with E-state index in [2.05, 4.69) is 37.7 Å². The Bertz CT molecular complexity index is 754. The molecule has 4 aliphatic rings. The van der Waals surface area contributed by atoms with Crippen LogP contribution in [0, 0.1) is 52.3 Å². The van der Waals surface area contributed by atoms with E-state index in [1.54, 1.807) is 0 Å². The molecule has 0 spiro atoms. The Balaban J connectivity index is 1.37. The summed E-state index contributed by atoms with van der Waals surface area (Å²) in [6.07, 6.45) is 11.6. The first kappa shape index (κ1) is 26.0. The number of fused-ring (bicyclic) bond motifs is 5. The van der Waals surface area contributed by atoms with Gasteiger partial charge in [0.1, 0.15) is 0 Å². The zero-order chi connectivity index (χ0) is 24.7. The summed E-state index contributed by atoms with van der Waals surface area (Å²) >= 11 is 0. The summed E-state index contributed by atoms with van der Waals surface area (Å²) in [7, 11) is 1.37. The van der Waals surface area contributed by atoms with Crippen LogP contribution in [0.5, 0.6) is 0 Å². The van der Waals surface area contributed by atoms with Gasteiger partial charge < -0.3 is 15.2 Å². The third-order valence-electron chi connectivity index (χ3n) is 11.4. The van der Waals surface area contributed by atoms with E-state index in [9.17, 15) is 14.7 Å². The summed E-state index contributed by atoms with van der Waals surface area (Å²) < 4.78 is 4.64. The normalized spacial score (nSPS) is 44.4. The topological polar surface area (TPSA) is 75.6 Å². The second kappa shape index (κ2) is 10.1. The van der Waals surface area contributed by atoms with Gasteiger partial charge in [0.2, 0.25) is 5.91 Å². The largest absolute Gasteiger partial charge is 0.469 e. The maximum Gasteiger partial charge on any atom is 0.307 e. The zero-order valence-electron chi connectivity index (χ0n) is 22.3. The van der Waals surface area contributed by atoms with E-state index in [0.717, 1.165) is 18.8 Å². The van der Waals surface area contributed by atoms with Crippen molar-refractivity contribution in [1.29, 1.82) is 0 Å². The minimum absolute atomic E-state index is 0.0346. The molecule has 10 atom stereocenters. The zero-order valence-corrected chi connectivity index (χ0v) is 22.3. The molecule has 0 aromatic carbocycles. The summed E-state index contributed by atoms with van der Waals surface area (Å²) in [5.41, 5.74) is 0.706. The van der Waals surface area contributed by atoms with E-state index in [0.29, 0.717) is 53.9 Å². The van der Waals surface area contributed by atoms with Crippen LogP contribution in [-0.4, -0.2) is 36.7 Å². The lowest BCUT2D eigenvalue weighted by Crippen LogP contribution is -2.58. The third-order valence-corrected chi connectivity index (χ3v) is 11.4. The summed E-state index contributed by atoms with van der Waals surface area (Å²) in [4.78, 5) is 23.6. The van der Waals surface area contributed by atoms with Gasteiger partial charge >= 0.3 is 5.97 Å². The number of hydrogen-bond acceptors (Lipinski definition) is 4. The molecule has 0 aromatic heterocycles. The molecule has 4 aliphatic carbocycles. The number of amides is 1. The lowest BCUT2D eigenvalue weighted by Gasteiger charge is -2.62. The number of aliphatic hydroxyl groups is 1. The van der Waals surface area contributed by atoms with E-state index in [4.69, 9.17) is 0 Å². The number of hydrogen-bond donors (Lipinski definition) is 2. The standard InChI is InChI=1S/C29H49NO4/c1-18-10-13-28(3)20(16-18)17-24(31)27-22-8-7-21(29(22,4)14-11-23(27)28)19(2)6-9-25(32)30-15-12-26(33)34-5/h18-24,27,31H,6-17H2,1-5H3,(H,30,32)/t18-,19-,20+,21-,22?,23?,24-,27+,28+,29-/m1/s1. The highest BCUT2D eigenvalue weighted by Gasteiger charge is 2.62. The summed E-state index contributed by atoms with van der Waals surface area (Å²) in [6, 6.07) is 0. The number of esters is 1. The number of ether oxygens (including phenoxy) is 1. The predicted molar refractivity (Wildman–Crippen MR) is 134 cm³/mol. The number of nitrogens with one attached hydrogen (secondary N) is 1. The number of aliphatic hydroxyl groups excluding tert-OH is 1. The van der Waals surface area contributed by atoms with Crippen molar-refractivity contribution in [3.05, 3.63) is 0 Å². The monoisotopic (exact) mass is 475 g/mol. The first-order valence-corrected chi connectivity index (χ1v) is 14.1. The van der Waals surface area contributed by atoms with E-state index in [-0.39, 0.29) is 29.8 Å². The Morgan fingerprint density at radius 3 is 2.47 bits per heavy atom. The first-order valence-electron chi connectivity index (χ1n) is 14.1. The van der Waals surface area contributed by atoms with Crippen LogP contribution in [0.4, 0.5) is 0 Å². The van der Waals surface area contributed by atoms with Gasteiger partial charge in [-0.1, -0.05) is 34.1 Å². The fraction of sp³-hybridized carbons (Fsp3) is 0.931. The number of carbonyl (C=O) groups excluding carboxylic acids is 2. The van der Waals surface area contributed by atoms with Gasteiger partial charge in [-0.3, -0.25) is 9.59 Å². The van der Waals surface area contributed by atoms with Crippen LogP contribution in [-0.2, 0) is 14.3 Å². The lowest BCUT2D eigenvalue weighted by molar-refractivity contribution is -0.168. The molecule has 0 aliphatic heterocycles. The average molecular weight is 476 g/mol. The van der Waals surface area contributed by atoms with Crippen molar-refractivity contribution in [1.82, 2.24) is 5.32 Å². The van der Waals surface area contributed by atoms with Crippen LogP contribution in [0.2, 0.25) is 0 Å². The van der Waals surface area contributed by atoms with Crippen molar-refractivity contribution in [2.75, 3.05) is 13.7 Å². The molecule has 2 unspecified atom stereocenters. The third kappa shape index (κ3) is 4.67. The minimum Gasteiger partial charge on any atom is -0.469 e. The minimum atomic E-state index is -0.290. The molecule has 0 radical (unpaired) electrons. The van der Waals surface area contributed by atoms with E-state index >= 15 is 0 Å². The second-order valence-corrected chi connectivity index (χ2v) is 13.1. The van der Waals surface area contributed by atoms with Gasteiger partial charge in [-0.25, -0.2) is 0 Å². The van der Waals surface area contributed by atoms with Crippen molar-refractivity contribution in [2.45, 2.75) is 104 Å². The van der Waals surface area contributed by atoms with Crippen LogP contribution in [0.3, 0.4) is 0 Å². The lowest BCUT2D eigenvalue weighted by atomic mass is 9.43. The molecule has 194 valence electrons. The molecule has 34 heavy (non-hydrogen) atoms. The van der Waals surface area contributed by atoms with Gasteiger partial charge in [0.15, 0.2) is 0 Å². The SMILES string of the molecule is COC(=O)CCNC(=O)CC[C@@H](C)[C@H]1CCC2[C@H]3C(CC[C@@]21C)[C@@]1(C)CC[C@@H](C)C[C@H]1C[C@H]3O. The maximum atomic E-state index is 12.3. The van der Waals surface area contributed by atoms with Crippen LogP contribution < -0.4 is 5.32 Å². The Kier molecular flexibility index (Phi) is 7.72. The van der Waals surface area contributed by atoms with Gasteiger partial charge in [0.05, 0.1) is 19.6 Å². The maximum absolute atomic E-state index is 12.3. The van der Waals surface area contributed by atoms with E-state index in [1.165, 1.54) is 52.1 Å². The molecule has 2 N–H and O–H groups in total. The second-order valence-electron chi connectivity index (χ2n) is 13.1. The molecule has 0 heterocycles. The Hall–Kier alpha value is -1.10. The van der Waals surface area contributed by atoms with Crippen LogP contribution in [0.1, 0.15) is 98.3 Å². The Labute approximate surface area is 207 Å². The molecular weight excluding hydrogens is 426 g/mol. The first-order chi connectivity index (χ1) is 16.1. The van der Waals surface area contributed by atoms with Gasteiger partial charge in [0.25, 0.3) is 0 Å². The van der Waals surface area contributed by atoms with Gasteiger partial charge in [-0.15, -0.1) is 0 Å². The molecule has 1 amide bonds. The van der Waals surface area contributed by atoms with Crippen LogP contribution >= 0.6 is 0 Å². The van der Waals surface area contributed by atoms with Gasteiger partial charge in [-0.05, 0) is 104 Å². The quantitative estimate of drug-likeness (QED) is 0.487. The number of carbonyl (C=O) groups is 2. The Morgan fingerprint density at radius 1 is 1.03 bits per heavy atom. The van der Waals surface area contributed by atoms with Crippen molar-refractivity contribution in [3.63, 3.8) is 0 Å². The van der Waals surface area contributed by atoms with Gasteiger partial charge in [-0.2, -0.15) is 0 Å². The van der Waals surface area contributed by atoms with E-state index in [1.807, 2.05) is 0 Å². The molecular formula is C29H49NO4. The molecule has 0 bridgehead atoms.